The van der Waals surface area contributed by atoms with Gasteiger partial charge in [-0.2, -0.15) is 4.98 Å². The summed E-state index contributed by atoms with van der Waals surface area (Å²) in [5.74, 6) is 2.23. The molecule has 1 atom stereocenters. The van der Waals surface area contributed by atoms with Crippen molar-refractivity contribution < 1.29 is 9.26 Å². The van der Waals surface area contributed by atoms with Gasteiger partial charge >= 0.3 is 0 Å². The van der Waals surface area contributed by atoms with E-state index in [1.807, 2.05) is 45.9 Å². The largest absolute Gasteiger partial charge is 0.485 e. The maximum atomic E-state index is 5.86. The van der Waals surface area contributed by atoms with Crippen LogP contribution in [0.1, 0.15) is 55.6 Å². The van der Waals surface area contributed by atoms with Crippen LogP contribution in [0.5, 0.6) is 5.75 Å². The molecule has 0 radical (unpaired) electrons. The van der Waals surface area contributed by atoms with E-state index in [-0.39, 0.29) is 12.0 Å². The lowest BCUT2D eigenvalue weighted by Gasteiger charge is -2.11. The molecule has 108 valence electrons. The molecule has 1 aromatic heterocycles. The van der Waals surface area contributed by atoms with Crippen LogP contribution in [0, 0.1) is 6.92 Å². The number of aryl methyl sites for hydroxylation is 1. The zero-order valence-corrected chi connectivity index (χ0v) is 12.4. The number of nitrogens with two attached hydrogens (primary N) is 1. The zero-order valence-electron chi connectivity index (χ0n) is 12.4. The molecule has 5 heteroatoms. The van der Waals surface area contributed by atoms with Crippen LogP contribution in [0.15, 0.2) is 22.7 Å². The van der Waals surface area contributed by atoms with E-state index in [1.54, 1.807) is 0 Å². The van der Waals surface area contributed by atoms with Crippen molar-refractivity contribution in [1.82, 2.24) is 10.1 Å². The lowest BCUT2D eigenvalue weighted by atomic mass is 10.1. The number of hydrogen-bond donors (Lipinski definition) is 1. The highest BCUT2D eigenvalue weighted by molar-refractivity contribution is 5.37. The van der Waals surface area contributed by atoms with Gasteiger partial charge in [-0.3, -0.25) is 0 Å². The lowest BCUT2D eigenvalue weighted by molar-refractivity contribution is 0.282. The highest BCUT2D eigenvalue weighted by atomic mass is 16.5. The normalized spacial score (nSPS) is 12.7. The van der Waals surface area contributed by atoms with Crippen molar-refractivity contribution in [3.8, 4) is 5.75 Å². The minimum absolute atomic E-state index is 0.0218. The molecule has 0 amide bonds. The molecule has 0 bridgehead atoms. The van der Waals surface area contributed by atoms with Crippen molar-refractivity contribution in [1.29, 1.82) is 0 Å². The first-order valence-electron chi connectivity index (χ1n) is 6.78. The molecule has 0 saturated heterocycles. The summed E-state index contributed by atoms with van der Waals surface area (Å²) in [7, 11) is 0. The van der Waals surface area contributed by atoms with Crippen LogP contribution in [0.2, 0.25) is 0 Å². The molecular weight excluding hydrogens is 254 g/mol. The topological polar surface area (TPSA) is 74.2 Å². The lowest BCUT2D eigenvalue weighted by Crippen LogP contribution is -2.06. The maximum absolute atomic E-state index is 5.86. The summed E-state index contributed by atoms with van der Waals surface area (Å²) in [5, 5.41) is 3.90. The molecule has 2 N–H and O–H groups in total. The average Bonchev–Trinajstić information content (AvgIpc) is 2.86. The van der Waals surface area contributed by atoms with Gasteiger partial charge in [-0.05, 0) is 31.0 Å². The first kappa shape index (κ1) is 14.5. The molecule has 0 fully saturated rings. The number of benzene rings is 1. The summed E-state index contributed by atoms with van der Waals surface area (Å²) in [6.45, 7) is 8.28. The van der Waals surface area contributed by atoms with E-state index >= 15 is 0 Å². The van der Waals surface area contributed by atoms with E-state index in [0.29, 0.717) is 18.3 Å². The van der Waals surface area contributed by atoms with E-state index < -0.39 is 0 Å². The number of rotatable bonds is 5. The summed E-state index contributed by atoms with van der Waals surface area (Å²) in [6.07, 6.45) is 0. The molecule has 5 nitrogen and oxygen atoms in total. The summed E-state index contributed by atoms with van der Waals surface area (Å²) < 4.78 is 10.9. The van der Waals surface area contributed by atoms with Gasteiger partial charge in [-0.15, -0.1) is 0 Å². The van der Waals surface area contributed by atoms with Crippen LogP contribution < -0.4 is 10.5 Å². The molecule has 0 aliphatic carbocycles. The van der Waals surface area contributed by atoms with Crippen molar-refractivity contribution in [3.63, 3.8) is 0 Å². The van der Waals surface area contributed by atoms with E-state index in [0.717, 1.165) is 16.9 Å². The Morgan fingerprint density at radius 2 is 2.05 bits per heavy atom. The second-order valence-electron chi connectivity index (χ2n) is 5.31. The van der Waals surface area contributed by atoms with Gasteiger partial charge in [-0.25, -0.2) is 0 Å². The third kappa shape index (κ3) is 3.36. The minimum Gasteiger partial charge on any atom is -0.485 e. The van der Waals surface area contributed by atoms with E-state index in [1.165, 1.54) is 0 Å². The number of nitrogens with zero attached hydrogens (tertiary/aromatic N) is 2. The van der Waals surface area contributed by atoms with Crippen LogP contribution >= 0.6 is 0 Å². The molecule has 0 aliphatic heterocycles. The van der Waals surface area contributed by atoms with Crippen molar-refractivity contribution in [2.24, 2.45) is 5.73 Å². The van der Waals surface area contributed by atoms with Crippen LogP contribution in [-0.2, 0) is 6.61 Å². The standard InChI is InChI=1S/C15H21N3O2/c1-9(2)15-17-14(18-20-15)8-19-13-6-5-12(11(4)16)7-10(13)3/h5-7,9,11H,8,16H2,1-4H3. The van der Waals surface area contributed by atoms with Gasteiger partial charge in [0.2, 0.25) is 11.7 Å². The first-order chi connectivity index (χ1) is 9.47. The molecule has 2 aromatic rings. The number of hydrogen-bond acceptors (Lipinski definition) is 5. The molecular formula is C15H21N3O2. The predicted octanol–water partition coefficient (Wildman–Crippen LogP) is 3.10. The van der Waals surface area contributed by atoms with Crippen molar-refractivity contribution in [3.05, 3.63) is 41.0 Å². The van der Waals surface area contributed by atoms with E-state index in [9.17, 15) is 0 Å². The first-order valence-corrected chi connectivity index (χ1v) is 6.78. The Kier molecular flexibility index (Phi) is 4.39. The van der Waals surface area contributed by atoms with Crippen LogP contribution in [0.25, 0.3) is 0 Å². The SMILES string of the molecule is Cc1cc(C(C)N)ccc1OCc1noc(C(C)C)n1. The quantitative estimate of drug-likeness (QED) is 0.907. The highest BCUT2D eigenvalue weighted by Crippen LogP contribution is 2.22. The fourth-order valence-corrected chi connectivity index (χ4v) is 1.82. The molecule has 1 heterocycles. The smallest absolute Gasteiger partial charge is 0.229 e. The average molecular weight is 275 g/mol. The monoisotopic (exact) mass is 275 g/mol. The third-order valence-corrected chi connectivity index (χ3v) is 3.06. The highest BCUT2D eigenvalue weighted by Gasteiger charge is 2.11. The molecule has 20 heavy (non-hydrogen) atoms. The fourth-order valence-electron chi connectivity index (χ4n) is 1.82. The van der Waals surface area contributed by atoms with E-state index in [2.05, 4.69) is 10.1 Å². The number of ether oxygens (including phenoxy) is 1. The second kappa shape index (κ2) is 6.05. The van der Waals surface area contributed by atoms with Crippen LogP contribution in [0.4, 0.5) is 0 Å². The van der Waals surface area contributed by atoms with Gasteiger partial charge in [-0.1, -0.05) is 31.1 Å². The predicted molar refractivity (Wildman–Crippen MR) is 76.5 cm³/mol. The van der Waals surface area contributed by atoms with Crippen molar-refractivity contribution in [2.45, 2.75) is 46.3 Å². The minimum atomic E-state index is 0.0218. The van der Waals surface area contributed by atoms with Gasteiger partial charge in [0, 0.05) is 12.0 Å². The Hall–Kier alpha value is -1.88. The summed E-state index contributed by atoms with van der Waals surface area (Å²) in [5.41, 5.74) is 8.00. The number of aromatic nitrogens is 2. The zero-order chi connectivity index (χ0) is 14.7. The molecule has 1 unspecified atom stereocenters. The summed E-state index contributed by atoms with van der Waals surface area (Å²) in [4.78, 5) is 4.28. The Labute approximate surface area is 119 Å². The maximum Gasteiger partial charge on any atom is 0.229 e. The van der Waals surface area contributed by atoms with Gasteiger partial charge in [0.05, 0.1) is 0 Å². The van der Waals surface area contributed by atoms with Crippen LogP contribution in [0.3, 0.4) is 0 Å². The van der Waals surface area contributed by atoms with Gasteiger partial charge < -0.3 is 15.0 Å². The third-order valence-electron chi connectivity index (χ3n) is 3.06. The van der Waals surface area contributed by atoms with Crippen molar-refractivity contribution in [2.75, 3.05) is 0 Å². The molecule has 2 rings (SSSR count). The summed E-state index contributed by atoms with van der Waals surface area (Å²) in [6, 6.07) is 5.96. The molecule has 0 aliphatic rings. The second-order valence-corrected chi connectivity index (χ2v) is 5.31. The summed E-state index contributed by atoms with van der Waals surface area (Å²) >= 11 is 0. The molecule has 1 aromatic carbocycles. The van der Waals surface area contributed by atoms with E-state index in [4.69, 9.17) is 15.0 Å². The Morgan fingerprint density at radius 1 is 1.30 bits per heavy atom. The van der Waals surface area contributed by atoms with Gasteiger partial charge in [0.15, 0.2) is 6.61 Å². The fraction of sp³-hybridized carbons (Fsp3) is 0.467. The van der Waals surface area contributed by atoms with Gasteiger partial charge in [0.25, 0.3) is 0 Å². The van der Waals surface area contributed by atoms with Gasteiger partial charge in [0.1, 0.15) is 5.75 Å². The molecule has 0 saturated carbocycles. The van der Waals surface area contributed by atoms with Crippen molar-refractivity contribution >= 4 is 0 Å². The van der Waals surface area contributed by atoms with Crippen LogP contribution in [-0.4, -0.2) is 10.1 Å². The Morgan fingerprint density at radius 3 is 2.60 bits per heavy atom. The Balaban J connectivity index is 2.03. The molecule has 0 spiro atoms. The Bertz CT molecular complexity index is 576.